The van der Waals surface area contributed by atoms with Crippen LogP contribution in [-0.4, -0.2) is 28.3 Å². The molecule has 160 valence electrons. The van der Waals surface area contributed by atoms with Crippen LogP contribution in [0.15, 0.2) is 30.3 Å². The van der Waals surface area contributed by atoms with Crippen molar-refractivity contribution in [1.29, 1.82) is 0 Å². The highest BCUT2D eigenvalue weighted by atomic mass is 16.5. The van der Waals surface area contributed by atoms with Crippen LogP contribution in [0.2, 0.25) is 0 Å². The lowest BCUT2D eigenvalue weighted by Crippen LogP contribution is -2.56. The van der Waals surface area contributed by atoms with Gasteiger partial charge in [-0.25, -0.2) is 5.01 Å². The number of hydrogen-bond acceptors (Lipinski definition) is 4. The Labute approximate surface area is 178 Å². The number of esters is 1. The number of nitrogens with zero attached hydrogens (tertiary/aromatic N) is 1. The summed E-state index contributed by atoms with van der Waals surface area (Å²) in [7, 11) is 0. The van der Waals surface area contributed by atoms with Crippen molar-refractivity contribution >= 4 is 17.8 Å². The minimum Gasteiger partial charge on any atom is -0.426 e. The van der Waals surface area contributed by atoms with Gasteiger partial charge in [-0.3, -0.25) is 19.8 Å². The van der Waals surface area contributed by atoms with Gasteiger partial charge in [-0.15, -0.1) is 0 Å². The second-order valence-electron chi connectivity index (χ2n) is 8.61. The van der Waals surface area contributed by atoms with Crippen molar-refractivity contribution < 1.29 is 19.1 Å². The van der Waals surface area contributed by atoms with E-state index in [4.69, 9.17) is 4.74 Å². The first kappa shape index (κ1) is 23.1. The molecule has 0 fully saturated rings. The Bertz CT molecular complexity index is 983. The Morgan fingerprint density at radius 2 is 1.50 bits per heavy atom. The number of carbonyl (C=O) groups is 3. The lowest BCUT2D eigenvalue weighted by Gasteiger charge is -2.35. The summed E-state index contributed by atoms with van der Waals surface area (Å²) in [4.78, 5) is 37.8. The molecule has 2 aromatic rings. The van der Waals surface area contributed by atoms with Crippen molar-refractivity contribution in [2.45, 2.75) is 60.9 Å². The molecule has 0 aromatic heterocycles. The highest BCUT2D eigenvalue weighted by molar-refractivity contribution is 6.00. The van der Waals surface area contributed by atoms with Gasteiger partial charge in [0.1, 0.15) is 5.75 Å². The average molecular weight is 411 g/mol. The van der Waals surface area contributed by atoms with Crippen molar-refractivity contribution in [3.63, 3.8) is 0 Å². The molecule has 0 bridgehead atoms. The molecule has 2 amide bonds. The smallest absolute Gasteiger partial charge is 0.308 e. The zero-order chi connectivity index (χ0) is 22.8. The van der Waals surface area contributed by atoms with Crippen molar-refractivity contribution in [1.82, 2.24) is 10.4 Å². The van der Waals surface area contributed by atoms with Crippen LogP contribution in [0.5, 0.6) is 5.75 Å². The summed E-state index contributed by atoms with van der Waals surface area (Å²) in [5, 5.41) is 1.34. The highest BCUT2D eigenvalue weighted by Crippen LogP contribution is 2.27. The second-order valence-corrected chi connectivity index (χ2v) is 8.61. The first-order valence-corrected chi connectivity index (χ1v) is 9.83. The van der Waals surface area contributed by atoms with Gasteiger partial charge in [0.15, 0.2) is 0 Å². The number of hydrogen-bond donors (Lipinski definition) is 1. The number of aryl methyl sites for hydroxylation is 3. The summed E-state index contributed by atoms with van der Waals surface area (Å²) in [6.45, 7) is 14.2. The van der Waals surface area contributed by atoms with Gasteiger partial charge in [0, 0.05) is 23.6 Å². The summed E-state index contributed by atoms with van der Waals surface area (Å²) in [5.41, 5.74) is 6.16. The Kier molecular flexibility index (Phi) is 6.70. The first-order chi connectivity index (χ1) is 13.8. The van der Waals surface area contributed by atoms with Gasteiger partial charge in [-0.1, -0.05) is 23.3 Å². The third-order valence-corrected chi connectivity index (χ3v) is 4.65. The molecule has 2 aromatic carbocycles. The van der Waals surface area contributed by atoms with Crippen molar-refractivity contribution in [3.8, 4) is 5.75 Å². The lowest BCUT2D eigenvalue weighted by molar-refractivity contribution is -0.132. The van der Waals surface area contributed by atoms with Crippen LogP contribution in [-0.2, 0) is 4.79 Å². The average Bonchev–Trinajstić information content (AvgIpc) is 2.60. The normalized spacial score (nSPS) is 11.1. The molecule has 0 saturated heterocycles. The predicted octanol–water partition coefficient (Wildman–Crippen LogP) is 4.43. The fraction of sp³-hybridized carbons (Fsp3) is 0.375. The van der Waals surface area contributed by atoms with Gasteiger partial charge in [-0.05, 0) is 72.2 Å². The molecule has 30 heavy (non-hydrogen) atoms. The zero-order valence-electron chi connectivity index (χ0n) is 19.0. The van der Waals surface area contributed by atoms with Crippen molar-refractivity contribution in [2.75, 3.05) is 0 Å². The van der Waals surface area contributed by atoms with Crippen LogP contribution in [0, 0.1) is 27.7 Å². The molecule has 0 spiro atoms. The van der Waals surface area contributed by atoms with E-state index in [1.807, 2.05) is 40.7 Å². The second kappa shape index (κ2) is 8.69. The molecule has 0 aliphatic heterocycles. The first-order valence-electron chi connectivity index (χ1n) is 9.83. The summed E-state index contributed by atoms with van der Waals surface area (Å²) < 4.78 is 5.28. The molecular weight excluding hydrogens is 380 g/mol. The number of ether oxygens (including phenoxy) is 1. The van der Waals surface area contributed by atoms with Crippen LogP contribution < -0.4 is 10.2 Å². The van der Waals surface area contributed by atoms with Gasteiger partial charge >= 0.3 is 5.97 Å². The maximum Gasteiger partial charge on any atom is 0.308 e. The molecule has 6 nitrogen and oxygen atoms in total. The maximum atomic E-state index is 13.3. The third kappa shape index (κ3) is 5.26. The molecule has 0 aliphatic carbocycles. The van der Waals surface area contributed by atoms with E-state index in [2.05, 4.69) is 5.43 Å². The minimum atomic E-state index is -0.665. The largest absolute Gasteiger partial charge is 0.426 e. The van der Waals surface area contributed by atoms with Crippen LogP contribution in [0.4, 0.5) is 0 Å². The SMILES string of the molecule is CC(=O)Oc1c(C)ccc(C(=O)NN(C(=O)c2cc(C)cc(C)c2)C(C)(C)C)c1C. The van der Waals surface area contributed by atoms with E-state index < -0.39 is 17.4 Å². The minimum absolute atomic E-state index is 0.298. The van der Waals surface area contributed by atoms with E-state index in [-0.39, 0.29) is 5.91 Å². The monoisotopic (exact) mass is 410 g/mol. The molecule has 6 heteroatoms. The molecule has 1 N–H and O–H groups in total. The van der Waals surface area contributed by atoms with Gasteiger partial charge in [0.05, 0.1) is 5.54 Å². The van der Waals surface area contributed by atoms with E-state index >= 15 is 0 Å². The van der Waals surface area contributed by atoms with Crippen LogP contribution in [0.3, 0.4) is 0 Å². The van der Waals surface area contributed by atoms with Gasteiger partial charge in [0.25, 0.3) is 11.8 Å². The number of carbonyl (C=O) groups excluding carboxylic acids is 3. The van der Waals surface area contributed by atoms with E-state index in [0.29, 0.717) is 22.4 Å². The molecule has 2 rings (SSSR count). The van der Waals surface area contributed by atoms with E-state index in [9.17, 15) is 14.4 Å². The van der Waals surface area contributed by atoms with E-state index in [0.717, 1.165) is 16.7 Å². The van der Waals surface area contributed by atoms with Gasteiger partial charge in [0.2, 0.25) is 0 Å². The highest BCUT2D eigenvalue weighted by Gasteiger charge is 2.30. The maximum absolute atomic E-state index is 13.3. The topological polar surface area (TPSA) is 75.7 Å². The fourth-order valence-corrected chi connectivity index (χ4v) is 3.29. The third-order valence-electron chi connectivity index (χ3n) is 4.65. The number of benzene rings is 2. The molecule has 0 heterocycles. The molecular formula is C24H30N2O4. The van der Waals surface area contributed by atoms with Crippen LogP contribution in [0.1, 0.15) is 70.7 Å². The molecule has 0 aliphatic rings. The van der Waals surface area contributed by atoms with Crippen LogP contribution >= 0.6 is 0 Å². The number of rotatable bonds is 3. The Hall–Kier alpha value is -3.15. The zero-order valence-corrected chi connectivity index (χ0v) is 19.0. The summed E-state index contributed by atoms with van der Waals surface area (Å²) >= 11 is 0. The molecule has 0 radical (unpaired) electrons. The quantitative estimate of drug-likeness (QED) is 0.461. The summed E-state index contributed by atoms with van der Waals surface area (Å²) in [5.74, 6) is -0.848. The Morgan fingerprint density at radius 1 is 0.933 bits per heavy atom. The predicted molar refractivity (Wildman–Crippen MR) is 117 cm³/mol. The summed E-state index contributed by atoms with van der Waals surface area (Å²) in [6.07, 6.45) is 0. The van der Waals surface area contributed by atoms with Crippen molar-refractivity contribution in [3.05, 3.63) is 63.7 Å². The van der Waals surface area contributed by atoms with E-state index in [1.165, 1.54) is 11.9 Å². The number of amides is 2. The number of hydrazine groups is 1. The van der Waals surface area contributed by atoms with Gasteiger partial charge in [-0.2, -0.15) is 0 Å². The molecule has 0 unspecified atom stereocenters. The Balaban J connectivity index is 2.42. The van der Waals surface area contributed by atoms with Crippen LogP contribution in [0.25, 0.3) is 0 Å². The van der Waals surface area contributed by atoms with Crippen molar-refractivity contribution in [2.24, 2.45) is 0 Å². The Morgan fingerprint density at radius 3 is 2.00 bits per heavy atom. The molecule has 0 atom stereocenters. The van der Waals surface area contributed by atoms with E-state index in [1.54, 1.807) is 38.1 Å². The lowest BCUT2D eigenvalue weighted by atomic mass is 10.0. The standard InChI is InChI=1S/C24H30N2O4/c1-14-11-15(2)13-19(12-14)23(29)26(24(6,7)8)25-22(28)20-10-9-16(3)21(17(20)4)30-18(5)27/h9-13H,1-8H3,(H,25,28). The fourth-order valence-electron chi connectivity index (χ4n) is 3.29. The summed E-state index contributed by atoms with van der Waals surface area (Å²) in [6, 6.07) is 8.97. The number of nitrogens with one attached hydrogen (secondary N) is 1. The van der Waals surface area contributed by atoms with Gasteiger partial charge < -0.3 is 4.74 Å². The molecule has 0 saturated carbocycles.